The van der Waals surface area contributed by atoms with Crippen molar-refractivity contribution in [2.45, 2.75) is 18.9 Å². The second-order valence-corrected chi connectivity index (χ2v) is 6.31. The number of pyridine rings is 1. The summed E-state index contributed by atoms with van der Waals surface area (Å²) >= 11 is 0. The molecule has 1 aliphatic rings. The van der Waals surface area contributed by atoms with Crippen LogP contribution in [0.1, 0.15) is 35.1 Å². The van der Waals surface area contributed by atoms with Crippen LogP contribution in [0.2, 0.25) is 0 Å². The maximum absolute atomic E-state index is 12.5. The summed E-state index contributed by atoms with van der Waals surface area (Å²) in [6.45, 7) is 1.28. The van der Waals surface area contributed by atoms with Crippen LogP contribution in [0.15, 0.2) is 37.1 Å². The summed E-state index contributed by atoms with van der Waals surface area (Å²) in [5.74, 6) is 1.00. The standard InChI is InChI=1S/C17H20N6O2/c1-22-7-6-18-16(22)15-12(3-2-8-25-15)9-19-17(24)13-4-5-14-21-20-11-23(14)10-13/h4-7,10-12,15H,2-3,8-9H2,1H3,(H,19,24)/t12-,15+/m0/s1. The van der Waals surface area contributed by atoms with Crippen LogP contribution in [-0.2, 0) is 11.8 Å². The molecule has 25 heavy (non-hydrogen) atoms. The smallest absolute Gasteiger partial charge is 0.252 e. The number of carbonyl (C=O) groups is 1. The highest BCUT2D eigenvalue weighted by Crippen LogP contribution is 2.32. The first-order chi connectivity index (χ1) is 12.2. The molecule has 0 spiro atoms. The average Bonchev–Trinajstić information content (AvgIpc) is 3.27. The maximum atomic E-state index is 12.5. The summed E-state index contributed by atoms with van der Waals surface area (Å²) in [6, 6.07) is 3.54. The number of nitrogens with one attached hydrogen (secondary N) is 1. The van der Waals surface area contributed by atoms with Gasteiger partial charge in [-0.3, -0.25) is 9.20 Å². The highest BCUT2D eigenvalue weighted by atomic mass is 16.5. The lowest BCUT2D eigenvalue weighted by atomic mass is 9.93. The van der Waals surface area contributed by atoms with E-state index in [0.29, 0.717) is 17.8 Å². The Morgan fingerprint density at radius 2 is 2.36 bits per heavy atom. The van der Waals surface area contributed by atoms with Gasteiger partial charge in [0, 0.05) is 44.7 Å². The summed E-state index contributed by atoms with van der Waals surface area (Å²) < 4.78 is 9.65. The van der Waals surface area contributed by atoms with Gasteiger partial charge >= 0.3 is 0 Å². The summed E-state index contributed by atoms with van der Waals surface area (Å²) in [5.41, 5.74) is 1.30. The molecule has 0 aromatic carbocycles. The van der Waals surface area contributed by atoms with Crippen LogP contribution in [0, 0.1) is 5.92 Å². The lowest BCUT2D eigenvalue weighted by Crippen LogP contribution is -2.36. The van der Waals surface area contributed by atoms with E-state index < -0.39 is 0 Å². The summed E-state index contributed by atoms with van der Waals surface area (Å²) in [7, 11) is 1.96. The molecule has 8 heteroatoms. The van der Waals surface area contributed by atoms with Crippen molar-refractivity contribution in [2.75, 3.05) is 13.2 Å². The Balaban J connectivity index is 1.45. The normalized spacial score (nSPS) is 20.7. The SMILES string of the molecule is Cn1ccnc1[C@@H]1OCCC[C@H]1CNC(=O)c1ccc2nncn2c1. The number of fused-ring (bicyclic) bond motifs is 1. The van der Waals surface area contributed by atoms with Gasteiger partial charge in [-0.25, -0.2) is 4.98 Å². The van der Waals surface area contributed by atoms with Gasteiger partial charge in [0.2, 0.25) is 0 Å². The number of hydrogen-bond acceptors (Lipinski definition) is 5. The van der Waals surface area contributed by atoms with Crippen LogP contribution in [0.5, 0.6) is 0 Å². The lowest BCUT2D eigenvalue weighted by Gasteiger charge is -2.31. The van der Waals surface area contributed by atoms with Gasteiger partial charge in [-0.05, 0) is 25.0 Å². The second-order valence-electron chi connectivity index (χ2n) is 6.31. The van der Waals surface area contributed by atoms with Gasteiger partial charge in [0.25, 0.3) is 5.91 Å². The molecule has 3 aromatic rings. The largest absolute Gasteiger partial charge is 0.370 e. The fourth-order valence-electron chi connectivity index (χ4n) is 3.28. The predicted octanol–water partition coefficient (Wildman–Crippen LogP) is 1.36. The van der Waals surface area contributed by atoms with Gasteiger partial charge in [-0.2, -0.15) is 0 Å². The molecule has 2 atom stereocenters. The summed E-state index contributed by atoms with van der Waals surface area (Å²) in [4.78, 5) is 16.9. The third-order valence-corrected chi connectivity index (χ3v) is 4.64. The molecule has 1 saturated heterocycles. The number of carbonyl (C=O) groups excluding carboxylic acids is 1. The number of amides is 1. The molecule has 0 bridgehead atoms. The van der Waals surface area contributed by atoms with E-state index in [2.05, 4.69) is 20.5 Å². The average molecular weight is 340 g/mol. The van der Waals surface area contributed by atoms with E-state index in [0.717, 1.165) is 25.3 Å². The zero-order valence-electron chi connectivity index (χ0n) is 14.0. The molecule has 1 amide bonds. The van der Waals surface area contributed by atoms with Gasteiger partial charge in [-0.1, -0.05) is 0 Å². The molecule has 4 heterocycles. The Bertz CT molecular complexity index is 886. The fraction of sp³-hybridized carbons (Fsp3) is 0.412. The topological polar surface area (TPSA) is 86.3 Å². The Labute approximate surface area is 144 Å². The minimum Gasteiger partial charge on any atom is -0.370 e. The predicted molar refractivity (Wildman–Crippen MR) is 89.9 cm³/mol. The van der Waals surface area contributed by atoms with Crippen molar-refractivity contribution in [1.29, 1.82) is 0 Å². The molecule has 0 radical (unpaired) electrons. The first-order valence-electron chi connectivity index (χ1n) is 8.39. The molecule has 130 valence electrons. The van der Waals surface area contributed by atoms with Gasteiger partial charge in [0.15, 0.2) is 5.65 Å². The third kappa shape index (κ3) is 3.12. The third-order valence-electron chi connectivity index (χ3n) is 4.64. The maximum Gasteiger partial charge on any atom is 0.252 e. The Kier molecular flexibility index (Phi) is 4.19. The number of rotatable bonds is 4. The van der Waals surface area contributed by atoms with E-state index in [1.165, 1.54) is 0 Å². The summed E-state index contributed by atoms with van der Waals surface area (Å²) in [5, 5.41) is 10.8. The number of imidazole rings is 1. The van der Waals surface area contributed by atoms with Gasteiger partial charge in [-0.15, -0.1) is 10.2 Å². The van der Waals surface area contributed by atoms with E-state index in [1.54, 1.807) is 35.3 Å². The lowest BCUT2D eigenvalue weighted by molar-refractivity contribution is -0.0337. The number of ether oxygens (including phenoxy) is 1. The minimum atomic E-state index is -0.111. The van der Waals surface area contributed by atoms with E-state index in [9.17, 15) is 4.79 Å². The Morgan fingerprint density at radius 3 is 3.20 bits per heavy atom. The van der Waals surface area contributed by atoms with Crippen LogP contribution in [0.4, 0.5) is 0 Å². The molecule has 1 fully saturated rings. The van der Waals surface area contributed by atoms with Crippen LogP contribution in [-0.4, -0.2) is 43.2 Å². The summed E-state index contributed by atoms with van der Waals surface area (Å²) in [6.07, 6.45) is 8.91. The zero-order chi connectivity index (χ0) is 17.2. The van der Waals surface area contributed by atoms with Crippen LogP contribution >= 0.6 is 0 Å². The van der Waals surface area contributed by atoms with Gasteiger partial charge < -0.3 is 14.6 Å². The van der Waals surface area contributed by atoms with Crippen LogP contribution in [0.3, 0.4) is 0 Å². The number of hydrogen-bond donors (Lipinski definition) is 1. The number of aromatic nitrogens is 5. The van der Waals surface area contributed by atoms with Gasteiger partial charge in [0.05, 0.1) is 5.56 Å². The zero-order valence-corrected chi connectivity index (χ0v) is 14.0. The van der Waals surface area contributed by atoms with Crippen molar-refractivity contribution in [1.82, 2.24) is 29.5 Å². The number of aryl methyl sites for hydroxylation is 1. The molecular formula is C17H20N6O2. The first-order valence-corrected chi connectivity index (χ1v) is 8.39. The molecule has 4 rings (SSSR count). The highest BCUT2D eigenvalue weighted by Gasteiger charge is 2.30. The molecule has 1 N–H and O–H groups in total. The highest BCUT2D eigenvalue weighted by molar-refractivity contribution is 5.94. The molecule has 0 unspecified atom stereocenters. The molecule has 0 aliphatic carbocycles. The second kappa shape index (κ2) is 6.64. The van der Waals surface area contributed by atoms with Crippen molar-refractivity contribution >= 4 is 11.6 Å². The fourth-order valence-corrected chi connectivity index (χ4v) is 3.28. The minimum absolute atomic E-state index is 0.0885. The molecular weight excluding hydrogens is 320 g/mol. The Morgan fingerprint density at radius 1 is 1.44 bits per heavy atom. The van der Waals surface area contributed by atoms with E-state index in [1.807, 2.05) is 17.8 Å². The van der Waals surface area contributed by atoms with E-state index in [-0.39, 0.29) is 17.9 Å². The van der Waals surface area contributed by atoms with Crippen LogP contribution in [0.25, 0.3) is 5.65 Å². The molecule has 8 nitrogen and oxygen atoms in total. The van der Waals surface area contributed by atoms with E-state index >= 15 is 0 Å². The van der Waals surface area contributed by atoms with Crippen LogP contribution < -0.4 is 5.32 Å². The van der Waals surface area contributed by atoms with Crippen molar-refractivity contribution in [3.63, 3.8) is 0 Å². The Hall–Kier alpha value is -2.74. The van der Waals surface area contributed by atoms with Crippen molar-refractivity contribution in [2.24, 2.45) is 13.0 Å². The first kappa shape index (κ1) is 15.8. The molecule has 3 aromatic heterocycles. The number of nitrogens with zero attached hydrogens (tertiary/aromatic N) is 5. The monoisotopic (exact) mass is 340 g/mol. The van der Waals surface area contributed by atoms with Crippen molar-refractivity contribution in [3.05, 3.63) is 48.4 Å². The molecule has 1 aliphatic heterocycles. The van der Waals surface area contributed by atoms with Crippen molar-refractivity contribution < 1.29 is 9.53 Å². The van der Waals surface area contributed by atoms with Crippen molar-refractivity contribution in [3.8, 4) is 0 Å². The quantitative estimate of drug-likeness (QED) is 0.775. The molecule has 0 saturated carbocycles. The van der Waals surface area contributed by atoms with Gasteiger partial charge in [0.1, 0.15) is 18.3 Å². The van der Waals surface area contributed by atoms with E-state index in [4.69, 9.17) is 4.74 Å².